The van der Waals surface area contributed by atoms with Crippen LogP contribution in [0.4, 0.5) is 15.8 Å². The van der Waals surface area contributed by atoms with Crippen molar-refractivity contribution in [1.29, 1.82) is 0 Å². The van der Waals surface area contributed by atoms with Crippen LogP contribution in [0.3, 0.4) is 0 Å². The number of amides is 2. The second kappa shape index (κ2) is 8.40. The van der Waals surface area contributed by atoms with Crippen molar-refractivity contribution in [3.05, 3.63) is 59.4 Å². The van der Waals surface area contributed by atoms with Crippen molar-refractivity contribution in [2.45, 2.75) is 13.8 Å². The number of nitrogens with zero attached hydrogens (tertiary/aromatic N) is 2. The van der Waals surface area contributed by atoms with Crippen LogP contribution in [-0.4, -0.2) is 35.1 Å². The van der Waals surface area contributed by atoms with Gasteiger partial charge in [-0.15, -0.1) is 0 Å². The molecule has 1 aliphatic heterocycles. The number of nitrogens with one attached hydrogen (secondary N) is 1. The van der Waals surface area contributed by atoms with Crippen LogP contribution in [0.15, 0.2) is 48.0 Å². The summed E-state index contributed by atoms with van der Waals surface area (Å²) in [4.78, 5) is 28.3. The van der Waals surface area contributed by atoms with Crippen LogP contribution in [0.2, 0.25) is 0 Å². The first-order chi connectivity index (χ1) is 13.9. The third kappa shape index (κ3) is 3.97. The summed E-state index contributed by atoms with van der Waals surface area (Å²) < 4.78 is 14.2. The summed E-state index contributed by atoms with van der Waals surface area (Å²) in [6.07, 6.45) is 1.27. The van der Waals surface area contributed by atoms with Gasteiger partial charge >= 0.3 is 0 Å². The molecule has 6 nitrogen and oxygen atoms in total. The van der Waals surface area contributed by atoms with E-state index in [1.165, 1.54) is 24.3 Å². The van der Waals surface area contributed by atoms with Gasteiger partial charge in [-0.05, 0) is 56.4 Å². The molecule has 0 atom stereocenters. The number of halogens is 1. The maximum atomic E-state index is 14.2. The number of hydrogen-bond donors (Lipinski definition) is 2. The van der Waals surface area contributed by atoms with Crippen molar-refractivity contribution < 1.29 is 19.1 Å². The van der Waals surface area contributed by atoms with Crippen LogP contribution in [0.25, 0.3) is 6.08 Å². The summed E-state index contributed by atoms with van der Waals surface area (Å²) in [5, 5.41) is 12.6. The SMILES string of the molecule is CCN(CC)c1ccc(C=C2C(=O)NC(=S)N(c3ccccc3F)C2=O)c(O)c1. The second-order valence-corrected chi connectivity index (χ2v) is 6.71. The zero-order chi connectivity index (χ0) is 21.1. The van der Waals surface area contributed by atoms with E-state index in [1.54, 1.807) is 24.3 Å². The quantitative estimate of drug-likeness (QED) is 0.447. The van der Waals surface area contributed by atoms with E-state index in [-0.39, 0.29) is 22.1 Å². The molecule has 0 saturated carbocycles. The average Bonchev–Trinajstić information content (AvgIpc) is 2.69. The summed E-state index contributed by atoms with van der Waals surface area (Å²) in [6.45, 7) is 5.54. The lowest BCUT2D eigenvalue weighted by Crippen LogP contribution is -2.54. The predicted octanol–water partition coefficient (Wildman–Crippen LogP) is 3.21. The van der Waals surface area contributed by atoms with E-state index in [9.17, 15) is 19.1 Å². The second-order valence-electron chi connectivity index (χ2n) is 6.32. The lowest BCUT2D eigenvalue weighted by atomic mass is 10.1. The molecular formula is C21H20FN3O3S. The Kier molecular flexibility index (Phi) is 5.93. The molecule has 150 valence electrons. The third-order valence-corrected chi connectivity index (χ3v) is 4.92. The van der Waals surface area contributed by atoms with Gasteiger partial charge < -0.3 is 10.0 Å². The number of benzene rings is 2. The molecule has 1 aliphatic rings. The minimum atomic E-state index is -0.768. The van der Waals surface area contributed by atoms with Crippen molar-refractivity contribution in [1.82, 2.24) is 5.32 Å². The van der Waals surface area contributed by atoms with Gasteiger partial charge in [-0.2, -0.15) is 0 Å². The Morgan fingerprint density at radius 1 is 1.17 bits per heavy atom. The van der Waals surface area contributed by atoms with Crippen molar-refractivity contribution >= 4 is 46.6 Å². The normalized spacial score (nSPS) is 15.6. The lowest BCUT2D eigenvalue weighted by molar-refractivity contribution is -0.122. The van der Waals surface area contributed by atoms with Crippen LogP contribution >= 0.6 is 12.2 Å². The van der Waals surface area contributed by atoms with Gasteiger partial charge in [0, 0.05) is 30.4 Å². The lowest BCUT2D eigenvalue weighted by Gasteiger charge is -2.29. The standard InChI is InChI=1S/C21H20FN3O3S/c1-3-24(4-2)14-10-9-13(18(26)12-14)11-15-19(27)23-21(29)25(20(15)28)17-8-6-5-7-16(17)22/h5-12,26H,3-4H2,1-2H3,(H,23,27,29). The number of phenolic OH excluding ortho intramolecular Hbond substituents is 1. The van der Waals surface area contributed by atoms with Crippen LogP contribution in [0, 0.1) is 5.82 Å². The maximum absolute atomic E-state index is 14.2. The van der Waals surface area contributed by atoms with Crippen LogP contribution in [0.1, 0.15) is 19.4 Å². The van der Waals surface area contributed by atoms with Gasteiger partial charge in [0.25, 0.3) is 11.8 Å². The van der Waals surface area contributed by atoms with Crippen molar-refractivity contribution in [3.63, 3.8) is 0 Å². The van der Waals surface area contributed by atoms with Gasteiger partial charge in [0.15, 0.2) is 5.11 Å². The van der Waals surface area contributed by atoms with Gasteiger partial charge in [-0.25, -0.2) is 9.29 Å². The van der Waals surface area contributed by atoms with E-state index in [0.29, 0.717) is 5.56 Å². The minimum Gasteiger partial charge on any atom is -0.507 e. The van der Waals surface area contributed by atoms with Crippen LogP contribution < -0.4 is 15.1 Å². The predicted molar refractivity (Wildman–Crippen MR) is 114 cm³/mol. The number of hydrogen-bond acceptors (Lipinski definition) is 5. The van der Waals surface area contributed by atoms with Crippen LogP contribution in [0.5, 0.6) is 5.75 Å². The van der Waals surface area contributed by atoms with Gasteiger partial charge in [-0.1, -0.05) is 12.1 Å². The highest BCUT2D eigenvalue weighted by atomic mass is 32.1. The molecule has 0 spiro atoms. The number of rotatable bonds is 5. The number of thiocarbonyl (C=S) groups is 1. The Morgan fingerprint density at radius 2 is 1.86 bits per heavy atom. The summed E-state index contributed by atoms with van der Waals surface area (Å²) in [5.41, 5.74) is 0.797. The first-order valence-corrected chi connectivity index (χ1v) is 9.52. The molecular weight excluding hydrogens is 393 g/mol. The number of aromatic hydroxyl groups is 1. The Morgan fingerprint density at radius 3 is 2.48 bits per heavy atom. The summed E-state index contributed by atoms with van der Waals surface area (Å²) in [5.74, 6) is -2.20. The highest BCUT2D eigenvalue weighted by Gasteiger charge is 2.35. The molecule has 1 fully saturated rings. The number of anilines is 2. The average molecular weight is 413 g/mol. The summed E-state index contributed by atoms with van der Waals surface area (Å²) in [7, 11) is 0. The Labute approximate surface area is 173 Å². The third-order valence-electron chi connectivity index (χ3n) is 4.64. The van der Waals surface area contributed by atoms with Crippen molar-refractivity contribution in [3.8, 4) is 5.75 Å². The largest absolute Gasteiger partial charge is 0.507 e. The maximum Gasteiger partial charge on any atom is 0.270 e. The topological polar surface area (TPSA) is 72.9 Å². The molecule has 0 unspecified atom stereocenters. The molecule has 8 heteroatoms. The Balaban J connectivity index is 2.00. The fourth-order valence-corrected chi connectivity index (χ4v) is 3.38. The molecule has 29 heavy (non-hydrogen) atoms. The molecule has 2 aromatic rings. The highest BCUT2D eigenvalue weighted by Crippen LogP contribution is 2.29. The first kappa shape index (κ1) is 20.5. The molecule has 0 aromatic heterocycles. The molecule has 2 N–H and O–H groups in total. The van der Waals surface area contributed by atoms with Gasteiger partial charge in [0.2, 0.25) is 0 Å². The fourth-order valence-electron chi connectivity index (χ4n) is 3.10. The molecule has 0 aliphatic carbocycles. The molecule has 2 aromatic carbocycles. The molecule has 1 heterocycles. The van der Waals surface area contributed by atoms with Crippen molar-refractivity contribution in [2.75, 3.05) is 22.9 Å². The van der Waals surface area contributed by atoms with E-state index in [4.69, 9.17) is 12.2 Å². The van der Waals surface area contributed by atoms with E-state index in [2.05, 4.69) is 5.32 Å². The number of carbonyl (C=O) groups is 2. The van der Waals surface area contributed by atoms with E-state index >= 15 is 0 Å². The van der Waals surface area contributed by atoms with Crippen LogP contribution in [-0.2, 0) is 9.59 Å². The highest BCUT2D eigenvalue weighted by molar-refractivity contribution is 7.80. The molecule has 3 rings (SSSR count). The first-order valence-electron chi connectivity index (χ1n) is 9.11. The number of carbonyl (C=O) groups excluding carboxylic acids is 2. The monoisotopic (exact) mass is 413 g/mol. The molecule has 1 saturated heterocycles. The Hall–Kier alpha value is -3.26. The summed E-state index contributed by atoms with van der Waals surface area (Å²) >= 11 is 5.06. The number of phenols is 1. The summed E-state index contributed by atoms with van der Waals surface area (Å²) in [6, 6.07) is 10.6. The van der Waals surface area contributed by atoms with E-state index in [0.717, 1.165) is 23.7 Å². The van der Waals surface area contributed by atoms with Gasteiger partial charge in [0.05, 0.1) is 5.69 Å². The molecule has 2 amide bonds. The number of para-hydroxylation sites is 1. The smallest absolute Gasteiger partial charge is 0.270 e. The van der Waals surface area contributed by atoms with E-state index < -0.39 is 17.6 Å². The Bertz CT molecular complexity index is 1020. The zero-order valence-electron chi connectivity index (χ0n) is 16.0. The van der Waals surface area contributed by atoms with Gasteiger partial charge in [-0.3, -0.25) is 14.9 Å². The minimum absolute atomic E-state index is 0.0606. The molecule has 0 bridgehead atoms. The molecule has 0 radical (unpaired) electrons. The van der Waals surface area contributed by atoms with E-state index in [1.807, 2.05) is 18.7 Å². The van der Waals surface area contributed by atoms with Crippen molar-refractivity contribution in [2.24, 2.45) is 0 Å². The zero-order valence-corrected chi connectivity index (χ0v) is 16.8. The fraction of sp³-hybridized carbons (Fsp3) is 0.190. The van der Waals surface area contributed by atoms with Gasteiger partial charge in [0.1, 0.15) is 17.1 Å².